The second kappa shape index (κ2) is 8.11. The molecular formula is C19H27Cl2N3O3S. The Morgan fingerprint density at radius 2 is 1.86 bits per heavy atom. The van der Waals surface area contributed by atoms with Gasteiger partial charge in [-0.2, -0.15) is 4.31 Å². The summed E-state index contributed by atoms with van der Waals surface area (Å²) >= 11 is 11.9. The Balaban J connectivity index is 1.79. The third-order valence-corrected chi connectivity index (χ3v) is 8.71. The van der Waals surface area contributed by atoms with Crippen molar-refractivity contribution in [3.63, 3.8) is 0 Å². The van der Waals surface area contributed by atoms with Crippen LogP contribution in [0.3, 0.4) is 0 Å². The third-order valence-electron chi connectivity index (χ3n) is 6.08. The van der Waals surface area contributed by atoms with Crippen LogP contribution in [0.1, 0.15) is 40.0 Å². The topological polar surface area (TPSA) is 69.7 Å². The number of piperidine rings is 1. The first-order chi connectivity index (χ1) is 13.2. The molecule has 2 saturated heterocycles. The smallest absolute Gasteiger partial charge is 0.243 e. The molecule has 1 amide bonds. The van der Waals surface area contributed by atoms with Crippen LogP contribution in [0.4, 0.5) is 0 Å². The van der Waals surface area contributed by atoms with Crippen molar-refractivity contribution in [2.75, 3.05) is 19.6 Å². The fourth-order valence-electron chi connectivity index (χ4n) is 4.18. The predicted octanol–water partition coefficient (Wildman–Crippen LogP) is 3.34. The lowest BCUT2D eigenvalue weighted by Crippen LogP contribution is -2.59. The third kappa shape index (κ3) is 3.67. The second-order valence-electron chi connectivity index (χ2n) is 7.60. The molecule has 2 aliphatic heterocycles. The number of hydrogen-bond acceptors (Lipinski definition) is 4. The van der Waals surface area contributed by atoms with Gasteiger partial charge in [-0.15, -0.1) is 0 Å². The minimum atomic E-state index is -3.66. The maximum absolute atomic E-state index is 13.0. The molecule has 0 saturated carbocycles. The van der Waals surface area contributed by atoms with Crippen molar-refractivity contribution < 1.29 is 13.2 Å². The highest BCUT2D eigenvalue weighted by Crippen LogP contribution is 2.36. The van der Waals surface area contributed by atoms with E-state index in [-0.39, 0.29) is 27.8 Å². The molecule has 0 bridgehead atoms. The Morgan fingerprint density at radius 3 is 2.39 bits per heavy atom. The number of amides is 1. The summed E-state index contributed by atoms with van der Waals surface area (Å²) < 4.78 is 27.5. The molecule has 2 atom stereocenters. The lowest BCUT2D eigenvalue weighted by molar-refractivity contribution is -0.133. The number of hydrogen-bond donors (Lipinski definition) is 1. The van der Waals surface area contributed by atoms with E-state index in [9.17, 15) is 13.2 Å². The first-order valence-corrected chi connectivity index (χ1v) is 11.9. The minimum absolute atomic E-state index is 0.123. The highest BCUT2D eigenvalue weighted by molar-refractivity contribution is 7.89. The molecule has 0 unspecified atom stereocenters. The van der Waals surface area contributed by atoms with E-state index in [1.165, 1.54) is 22.5 Å². The predicted molar refractivity (Wildman–Crippen MR) is 111 cm³/mol. The van der Waals surface area contributed by atoms with Crippen molar-refractivity contribution in [2.24, 2.45) is 5.92 Å². The van der Waals surface area contributed by atoms with Crippen LogP contribution in [-0.2, 0) is 14.8 Å². The number of carbonyl (C=O) groups is 1. The Bertz CT molecular complexity index is 854. The summed E-state index contributed by atoms with van der Waals surface area (Å²) in [5.41, 5.74) is -0.469. The number of benzene rings is 1. The number of sulfonamides is 1. The number of likely N-dealkylation sites (N-methyl/N-ethyl adjacent to an activating group) is 1. The molecule has 1 aromatic rings. The van der Waals surface area contributed by atoms with Gasteiger partial charge in [-0.25, -0.2) is 8.42 Å². The van der Waals surface area contributed by atoms with Gasteiger partial charge in [-0.1, -0.05) is 43.5 Å². The van der Waals surface area contributed by atoms with Crippen molar-refractivity contribution in [2.45, 2.75) is 56.6 Å². The molecule has 1 N–H and O–H groups in total. The molecule has 2 fully saturated rings. The van der Waals surface area contributed by atoms with E-state index in [0.717, 1.165) is 6.42 Å². The highest BCUT2D eigenvalue weighted by atomic mass is 35.5. The van der Waals surface area contributed by atoms with E-state index in [4.69, 9.17) is 23.2 Å². The summed E-state index contributed by atoms with van der Waals surface area (Å²) in [7, 11) is -3.66. The van der Waals surface area contributed by atoms with Crippen LogP contribution in [0.2, 0.25) is 10.0 Å². The van der Waals surface area contributed by atoms with Crippen LogP contribution in [-0.4, -0.2) is 54.9 Å². The number of nitrogens with one attached hydrogen (secondary N) is 1. The Kier molecular flexibility index (Phi) is 6.32. The molecule has 0 aliphatic carbocycles. The van der Waals surface area contributed by atoms with Gasteiger partial charge >= 0.3 is 0 Å². The zero-order valence-electron chi connectivity index (χ0n) is 16.4. The van der Waals surface area contributed by atoms with Gasteiger partial charge in [0.05, 0.1) is 26.6 Å². The molecular weight excluding hydrogens is 421 g/mol. The van der Waals surface area contributed by atoms with Crippen LogP contribution in [0.5, 0.6) is 0 Å². The molecule has 1 aromatic carbocycles. The van der Waals surface area contributed by atoms with Crippen molar-refractivity contribution in [3.8, 4) is 0 Å². The summed E-state index contributed by atoms with van der Waals surface area (Å²) in [5, 5.41) is 4.09. The maximum atomic E-state index is 13.0. The molecule has 1 spiro atoms. The van der Waals surface area contributed by atoms with E-state index >= 15 is 0 Å². The van der Waals surface area contributed by atoms with E-state index in [0.29, 0.717) is 37.5 Å². The average molecular weight is 448 g/mol. The SMILES string of the molecule is CC[C@@H](C)[C@H]1NC2(CCN(S(=O)(=O)c3ccc(Cl)c(Cl)c3)CC2)N(CC)C1=O. The van der Waals surface area contributed by atoms with Crippen molar-refractivity contribution in [3.05, 3.63) is 28.2 Å². The zero-order chi connectivity index (χ0) is 20.7. The quantitative estimate of drug-likeness (QED) is 0.750. The molecule has 0 radical (unpaired) electrons. The molecule has 9 heteroatoms. The zero-order valence-corrected chi connectivity index (χ0v) is 18.7. The van der Waals surface area contributed by atoms with Crippen molar-refractivity contribution >= 4 is 39.1 Å². The highest BCUT2D eigenvalue weighted by Gasteiger charge is 2.52. The van der Waals surface area contributed by atoms with E-state index < -0.39 is 15.7 Å². The molecule has 156 valence electrons. The van der Waals surface area contributed by atoms with E-state index in [1.54, 1.807) is 0 Å². The van der Waals surface area contributed by atoms with Crippen molar-refractivity contribution in [1.82, 2.24) is 14.5 Å². The normalized spacial score (nSPS) is 24.1. The summed E-state index contributed by atoms with van der Waals surface area (Å²) in [5.74, 6) is 0.358. The second-order valence-corrected chi connectivity index (χ2v) is 10.4. The van der Waals surface area contributed by atoms with Crippen molar-refractivity contribution in [1.29, 1.82) is 0 Å². The molecule has 6 nitrogen and oxygen atoms in total. The van der Waals surface area contributed by atoms with Gasteiger partial charge in [0.25, 0.3) is 0 Å². The van der Waals surface area contributed by atoms with Gasteiger partial charge in [0.15, 0.2) is 0 Å². The lowest BCUT2D eigenvalue weighted by Gasteiger charge is -2.44. The summed E-state index contributed by atoms with van der Waals surface area (Å²) in [6, 6.07) is 4.15. The van der Waals surface area contributed by atoms with E-state index in [1.807, 2.05) is 11.8 Å². The molecule has 2 heterocycles. The maximum Gasteiger partial charge on any atom is 0.243 e. The van der Waals surface area contributed by atoms with Crippen LogP contribution in [0.15, 0.2) is 23.1 Å². The lowest BCUT2D eigenvalue weighted by atomic mass is 9.96. The van der Waals surface area contributed by atoms with Crippen LogP contribution < -0.4 is 5.32 Å². The first-order valence-electron chi connectivity index (χ1n) is 9.70. The fourth-order valence-corrected chi connectivity index (χ4v) is 6.02. The van der Waals surface area contributed by atoms with Gasteiger partial charge in [0.1, 0.15) is 0 Å². The van der Waals surface area contributed by atoms with Crippen LogP contribution >= 0.6 is 23.2 Å². The molecule has 0 aromatic heterocycles. The largest absolute Gasteiger partial charge is 0.323 e. The van der Waals surface area contributed by atoms with Crippen LogP contribution in [0.25, 0.3) is 0 Å². The standard InChI is InChI=1S/C19H27Cl2N3O3S/c1-4-13(3)17-18(25)24(5-2)19(22-17)8-10-23(11-9-19)28(26,27)14-6-7-15(20)16(21)12-14/h6-7,12-13,17,22H,4-5,8-11H2,1-3H3/t13-,17-/m1/s1. The first kappa shape index (κ1) is 21.8. The summed E-state index contributed by atoms with van der Waals surface area (Å²) in [4.78, 5) is 14.9. The number of halogens is 2. The molecule has 3 rings (SSSR count). The van der Waals surface area contributed by atoms with Gasteiger partial charge in [-0.3, -0.25) is 10.1 Å². The Hall–Kier alpha value is -0.860. The number of nitrogens with zero attached hydrogens (tertiary/aromatic N) is 2. The van der Waals surface area contributed by atoms with Crippen LogP contribution in [0, 0.1) is 5.92 Å². The Morgan fingerprint density at radius 1 is 1.21 bits per heavy atom. The Labute approximate surface area is 177 Å². The molecule has 2 aliphatic rings. The summed E-state index contributed by atoms with van der Waals surface area (Å²) in [6.45, 7) is 7.41. The van der Waals surface area contributed by atoms with Gasteiger partial charge in [0, 0.05) is 19.6 Å². The average Bonchev–Trinajstić information content (AvgIpc) is 2.94. The van der Waals surface area contributed by atoms with Gasteiger partial charge in [0.2, 0.25) is 15.9 Å². The number of rotatable bonds is 5. The van der Waals surface area contributed by atoms with Gasteiger partial charge < -0.3 is 4.90 Å². The van der Waals surface area contributed by atoms with Gasteiger partial charge in [-0.05, 0) is 43.9 Å². The fraction of sp³-hybridized carbons (Fsp3) is 0.632. The van der Waals surface area contributed by atoms with E-state index in [2.05, 4.69) is 19.2 Å². The summed E-state index contributed by atoms with van der Waals surface area (Å²) in [6.07, 6.45) is 2.02. The monoisotopic (exact) mass is 447 g/mol. The molecule has 28 heavy (non-hydrogen) atoms. The minimum Gasteiger partial charge on any atom is -0.323 e. The number of carbonyl (C=O) groups excluding carboxylic acids is 1.